The van der Waals surface area contributed by atoms with Gasteiger partial charge in [0.2, 0.25) is 5.91 Å². The number of piperidine rings is 1. The molecule has 0 aromatic carbocycles. The number of nitrogens with zero attached hydrogens (tertiary/aromatic N) is 3. The number of rotatable bonds is 14. The van der Waals surface area contributed by atoms with E-state index in [2.05, 4.69) is 60.0 Å². The van der Waals surface area contributed by atoms with Crippen LogP contribution in [0.2, 0.25) is 0 Å². The molecular formula is C43H80FN7O. The van der Waals surface area contributed by atoms with Gasteiger partial charge >= 0.3 is 0 Å². The predicted molar refractivity (Wildman–Crippen MR) is 224 cm³/mol. The number of aromatic nitrogens is 4. The number of alkyl halides is 1. The topological polar surface area (TPSA) is 111 Å². The van der Waals surface area contributed by atoms with Crippen LogP contribution < -0.4 is 10.6 Å². The highest BCUT2D eigenvalue weighted by atomic mass is 19.1. The molecule has 2 aromatic heterocycles. The van der Waals surface area contributed by atoms with Crippen molar-refractivity contribution in [1.82, 2.24) is 30.4 Å². The summed E-state index contributed by atoms with van der Waals surface area (Å²) in [6.07, 6.45) is 19.0. The molecule has 0 bridgehead atoms. The van der Waals surface area contributed by atoms with E-state index in [4.69, 9.17) is 5.41 Å². The third kappa shape index (κ3) is 20.7. The molecule has 1 amide bonds. The number of imidazole rings is 1. The lowest BCUT2D eigenvalue weighted by atomic mass is 9.80. The summed E-state index contributed by atoms with van der Waals surface area (Å²) in [5.41, 5.74) is 6.24. The zero-order valence-corrected chi connectivity index (χ0v) is 35.6. The maximum Gasteiger partial charge on any atom is 0.220 e. The number of allylic oxidation sites excluding steroid dienone is 2. The molecule has 4 N–H and O–H groups in total. The lowest BCUT2D eigenvalue weighted by Gasteiger charge is -2.26. The quantitative estimate of drug-likeness (QED) is 0.115. The molecule has 1 saturated heterocycles. The Kier molecular flexibility index (Phi) is 31.7. The van der Waals surface area contributed by atoms with Gasteiger partial charge in [-0.3, -0.25) is 9.48 Å². The van der Waals surface area contributed by atoms with Crippen molar-refractivity contribution in [3.05, 3.63) is 53.4 Å². The van der Waals surface area contributed by atoms with Gasteiger partial charge in [-0.1, -0.05) is 119 Å². The number of hydrogen-bond acceptors (Lipinski definition) is 5. The monoisotopic (exact) mass is 730 g/mol. The summed E-state index contributed by atoms with van der Waals surface area (Å²) in [4.78, 5) is 18.1. The van der Waals surface area contributed by atoms with Crippen LogP contribution in [0.1, 0.15) is 183 Å². The van der Waals surface area contributed by atoms with Crippen LogP contribution in [0.15, 0.2) is 36.2 Å². The van der Waals surface area contributed by atoms with Crippen LogP contribution in [-0.4, -0.2) is 44.6 Å². The average molecular weight is 730 g/mol. The number of amides is 1. The van der Waals surface area contributed by atoms with Crippen molar-refractivity contribution in [2.24, 2.45) is 11.8 Å². The number of carbonyl (C=O) groups excluding carboxylic acids is 1. The molecule has 3 heterocycles. The molecule has 2 atom stereocenters. The van der Waals surface area contributed by atoms with Crippen LogP contribution in [0.25, 0.3) is 5.70 Å². The molecule has 0 spiro atoms. The van der Waals surface area contributed by atoms with E-state index in [9.17, 15) is 9.18 Å². The molecule has 2 aromatic rings. The maximum atomic E-state index is 12.6. The molecule has 1 saturated carbocycles. The van der Waals surface area contributed by atoms with Crippen molar-refractivity contribution in [1.29, 1.82) is 5.41 Å². The summed E-state index contributed by atoms with van der Waals surface area (Å²) in [5.74, 6) is 2.50. The van der Waals surface area contributed by atoms with Crippen LogP contribution in [0.3, 0.4) is 0 Å². The maximum absolute atomic E-state index is 12.6. The number of unbranched alkanes of at least 4 members (excludes halogenated alkanes) is 3. The molecule has 0 radical (unpaired) electrons. The molecule has 2 fully saturated rings. The minimum absolute atomic E-state index is 0.115. The third-order valence-electron chi connectivity index (χ3n) is 9.03. The van der Waals surface area contributed by atoms with Gasteiger partial charge in [0.25, 0.3) is 0 Å². The molecule has 52 heavy (non-hydrogen) atoms. The summed E-state index contributed by atoms with van der Waals surface area (Å²) in [6.45, 7) is 29.5. The number of nitrogens with one attached hydrogen (secondary N) is 4. The van der Waals surface area contributed by atoms with Crippen molar-refractivity contribution >= 4 is 17.3 Å². The Morgan fingerprint density at radius 3 is 2.19 bits per heavy atom. The summed E-state index contributed by atoms with van der Waals surface area (Å²) in [5, 5.41) is 18.3. The summed E-state index contributed by atoms with van der Waals surface area (Å²) in [6, 6.07) is 1.97. The number of carbonyl (C=O) groups is 1. The van der Waals surface area contributed by atoms with Crippen LogP contribution in [-0.2, 0) is 11.3 Å². The number of aryl methyl sites for hydroxylation is 2. The van der Waals surface area contributed by atoms with Gasteiger partial charge in [0.05, 0.1) is 35.9 Å². The largest absolute Gasteiger partial charge is 0.375 e. The molecule has 4 rings (SSSR count). The van der Waals surface area contributed by atoms with E-state index >= 15 is 0 Å². The van der Waals surface area contributed by atoms with E-state index in [0.717, 1.165) is 67.3 Å². The van der Waals surface area contributed by atoms with Gasteiger partial charge in [-0.15, -0.1) is 0 Å². The van der Waals surface area contributed by atoms with E-state index in [1.807, 2.05) is 67.7 Å². The van der Waals surface area contributed by atoms with Crippen LogP contribution in [0.5, 0.6) is 0 Å². The Bertz CT molecular complexity index is 1220. The van der Waals surface area contributed by atoms with Crippen molar-refractivity contribution in [2.75, 3.05) is 13.2 Å². The summed E-state index contributed by atoms with van der Waals surface area (Å²) >= 11 is 0. The first-order valence-corrected chi connectivity index (χ1v) is 20.7. The highest BCUT2D eigenvalue weighted by molar-refractivity contribution is 5.96. The smallest absolute Gasteiger partial charge is 0.220 e. The fourth-order valence-electron chi connectivity index (χ4n) is 6.24. The van der Waals surface area contributed by atoms with E-state index in [1.165, 1.54) is 62.5 Å². The zero-order chi connectivity index (χ0) is 39.9. The second kappa shape index (κ2) is 32.4. The molecule has 2 aliphatic rings. The van der Waals surface area contributed by atoms with E-state index in [-0.39, 0.29) is 18.5 Å². The molecular weight excluding hydrogens is 650 g/mol. The Hall–Kier alpha value is -3.23. The second-order valence-corrected chi connectivity index (χ2v) is 13.0. The number of H-pyrrole nitrogens is 1. The Morgan fingerprint density at radius 1 is 1.06 bits per heavy atom. The summed E-state index contributed by atoms with van der Waals surface area (Å²) in [7, 11) is 0. The fraction of sp³-hybridized carbons (Fsp3) is 0.721. The van der Waals surface area contributed by atoms with Gasteiger partial charge in [0.1, 0.15) is 12.5 Å². The Morgan fingerprint density at radius 2 is 1.71 bits per heavy atom. The Balaban J connectivity index is 0. The van der Waals surface area contributed by atoms with Gasteiger partial charge in [-0.2, -0.15) is 5.10 Å². The normalized spacial score (nSPS) is 16.1. The molecule has 2 unspecified atom stereocenters. The van der Waals surface area contributed by atoms with Gasteiger partial charge in [0.15, 0.2) is 0 Å². The molecule has 9 heteroatoms. The number of aromatic amines is 1. The number of hydrogen-bond donors (Lipinski definition) is 4. The van der Waals surface area contributed by atoms with Crippen LogP contribution in [0, 0.1) is 24.2 Å². The first-order chi connectivity index (χ1) is 25.1. The third-order valence-corrected chi connectivity index (χ3v) is 9.03. The fourth-order valence-corrected chi connectivity index (χ4v) is 6.24. The van der Waals surface area contributed by atoms with Gasteiger partial charge in [-0.25, -0.2) is 9.37 Å². The summed E-state index contributed by atoms with van der Waals surface area (Å²) < 4.78 is 14.3. The molecule has 1 aliphatic heterocycles. The minimum Gasteiger partial charge on any atom is -0.375 e. The van der Waals surface area contributed by atoms with Crippen molar-refractivity contribution in [3.63, 3.8) is 0 Å². The highest BCUT2D eigenvalue weighted by Crippen LogP contribution is 2.32. The standard InChI is InChI=1S/C18H28FN5.C13H23N.C6H11NO.3C2H6/c1-4-5-6-7-8-16(17-13-20-15(3)23-17)22-14(2)18-9-11-21-24(18)12-10-19;1-4-10(2)13(11(3)14)12-8-6-5-7-9-12;1-5-2-3-6(8)7-4-5;3*1-2/h9,11,13,16,22H,2,4-8,10,12H2,1,3H3,(H,20,23);12,14H,4-9H2,1-3H3;5H,2-4H2,1H3,(H,7,8);3*1-2H3. The van der Waals surface area contributed by atoms with Crippen LogP contribution >= 0.6 is 0 Å². The average Bonchev–Trinajstić information content (AvgIpc) is 3.83. The predicted octanol–water partition coefficient (Wildman–Crippen LogP) is 12.1. The van der Waals surface area contributed by atoms with Crippen LogP contribution in [0.4, 0.5) is 4.39 Å². The first kappa shape index (κ1) is 50.9. The van der Waals surface area contributed by atoms with Crippen molar-refractivity contribution < 1.29 is 9.18 Å². The molecule has 300 valence electrons. The number of halogens is 1. The van der Waals surface area contributed by atoms with E-state index < -0.39 is 6.67 Å². The van der Waals surface area contributed by atoms with Crippen molar-refractivity contribution in [3.8, 4) is 0 Å². The minimum atomic E-state index is -0.442. The lowest BCUT2D eigenvalue weighted by Crippen LogP contribution is -2.33. The highest BCUT2D eigenvalue weighted by Gasteiger charge is 2.20. The molecule has 1 aliphatic carbocycles. The zero-order valence-electron chi connectivity index (χ0n) is 35.6. The SMILES string of the molecule is C=C(NC(CCCCCC)c1cnc(C)[nH]1)c1ccnn1CCF.CC.CC.CC.CC1CCC(=O)NC1.CCC(C)=C(C(C)=N)C1CCCCC1. The van der Waals surface area contributed by atoms with Gasteiger partial charge in [0, 0.05) is 24.9 Å². The van der Waals surface area contributed by atoms with Crippen molar-refractivity contribution in [2.45, 2.75) is 179 Å². The first-order valence-electron chi connectivity index (χ1n) is 20.7. The van der Waals surface area contributed by atoms with Gasteiger partial charge in [-0.05, 0) is 76.4 Å². The Labute approximate surface area is 319 Å². The van der Waals surface area contributed by atoms with E-state index in [1.54, 1.807) is 10.9 Å². The lowest BCUT2D eigenvalue weighted by molar-refractivity contribution is -0.122. The van der Waals surface area contributed by atoms with E-state index in [0.29, 0.717) is 11.8 Å². The second-order valence-electron chi connectivity index (χ2n) is 13.0. The van der Waals surface area contributed by atoms with Gasteiger partial charge < -0.3 is 21.0 Å². The molecule has 8 nitrogen and oxygen atoms in total.